The fraction of sp³-hybridized carbons (Fsp3) is 0.385. The smallest absolute Gasteiger partial charge is 0.335 e. The Kier molecular flexibility index (Phi) is 4.85. The van der Waals surface area contributed by atoms with E-state index in [1.54, 1.807) is 19.1 Å². The van der Waals surface area contributed by atoms with E-state index in [9.17, 15) is 9.59 Å². The summed E-state index contributed by atoms with van der Waals surface area (Å²) in [6, 6.07) is 4.72. The van der Waals surface area contributed by atoms with Crippen molar-refractivity contribution in [3.8, 4) is 0 Å². The molecule has 0 bridgehead atoms. The van der Waals surface area contributed by atoms with Crippen molar-refractivity contribution in [2.45, 2.75) is 20.3 Å². The highest BCUT2D eigenvalue weighted by Gasteiger charge is 2.10. The minimum absolute atomic E-state index is 0.115. The summed E-state index contributed by atoms with van der Waals surface area (Å²) in [5.74, 6) is -0.957. The van der Waals surface area contributed by atoms with Gasteiger partial charge in [-0.25, -0.2) is 4.79 Å². The zero-order valence-electron chi connectivity index (χ0n) is 10.6. The van der Waals surface area contributed by atoms with Gasteiger partial charge in [0.15, 0.2) is 0 Å². The third kappa shape index (κ3) is 3.85. The molecule has 0 radical (unpaired) electrons. The first-order valence-electron chi connectivity index (χ1n) is 5.78. The Morgan fingerprint density at radius 1 is 1.44 bits per heavy atom. The summed E-state index contributed by atoms with van der Waals surface area (Å²) in [4.78, 5) is 22.5. The lowest BCUT2D eigenvalue weighted by molar-refractivity contribution is -0.116. The van der Waals surface area contributed by atoms with Crippen molar-refractivity contribution in [2.75, 3.05) is 11.9 Å². The fourth-order valence-corrected chi connectivity index (χ4v) is 1.59. The van der Waals surface area contributed by atoms with Crippen molar-refractivity contribution >= 4 is 17.6 Å². The molecule has 0 aliphatic heterocycles. The molecule has 0 fully saturated rings. The number of carbonyl (C=O) groups is 2. The monoisotopic (exact) mass is 250 g/mol. The summed E-state index contributed by atoms with van der Waals surface area (Å²) in [6.07, 6.45) is 0.357. The standard InChI is InChI=1S/C13H18N2O3/c1-8(7-14)5-12(16)15-10-3-4-11(13(17)18)9(2)6-10/h3-4,6,8H,5,7,14H2,1-2H3,(H,15,16)(H,17,18). The van der Waals surface area contributed by atoms with Crippen LogP contribution in [0.3, 0.4) is 0 Å². The Hall–Kier alpha value is -1.88. The molecule has 18 heavy (non-hydrogen) atoms. The Labute approximate surface area is 106 Å². The lowest BCUT2D eigenvalue weighted by atomic mass is 10.1. The minimum atomic E-state index is -0.970. The molecule has 0 aromatic heterocycles. The van der Waals surface area contributed by atoms with Crippen molar-refractivity contribution in [1.82, 2.24) is 0 Å². The van der Waals surface area contributed by atoms with Crippen LogP contribution in [0, 0.1) is 12.8 Å². The molecule has 1 amide bonds. The number of carboxylic acid groups (broad SMARTS) is 1. The third-order valence-electron chi connectivity index (χ3n) is 2.68. The third-order valence-corrected chi connectivity index (χ3v) is 2.68. The largest absolute Gasteiger partial charge is 0.478 e. The lowest BCUT2D eigenvalue weighted by Crippen LogP contribution is -2.20. The number of aromatic carboxylic acids is 1. The van der Waals surface area contributed by atoms with Gasteiger partial charge in [0.1, 0.15) is 0 Å². The van der Waals surface area contributed by atoms with Gasteiger partial charge in [-0.15, -0.1) is 0 Å². The van der Waals surface area contributed by atoms with Crippen LogP contribution < -0.4 is 11.1 Å². The number of benzene rings is 1. The van der Waals surface area contributed by atoms with Crippen LogP contribution in [0.5, 0.6) is 0 Å². The molecule has 5 nitrogen and oxygen atoms in total. The van der Waals surface area contributed by atoms with E-state index in [1.165, 1.54) is 6.07 Å². The Morgan fingerprint density at radius 2 is 2.11 bits per heavy atom. The topological polar surface area (TPSA) is 92.4 Å². The summed E-state index contributed by atoms with van der Waals surface area (Å²) < 4.78 is 0. The second-order valence-electron chi connectivity index (χ2n) is 4.43. The number of aryl methyl sites for hydroxylation is 1. The molecule has 0 saturated carbocycles. The Bertz CT molecular complexity index is 458. The van der Waals surface area contributed by atoms with Gasteiger partial charge in [0.25, 0.3) is 0 Å². The maximum atomic E-state index is 11.6. The molecule has 1 aromatic rings. The zero-order valence-corrected chi connectivity index (χ0v) is 10.6. The lowest BCUT2D eigenvalue weighted by Gasteiger charge is -2.10. The summed E-state index contributed by atoms with van der Waals surface area (Å²) in [5, 5.41) is 11.6. The maximum Gasteiger partial charge on any atom is 0.335 e. The summed E-state index contributed by atoms with van der Waals surface area (Å²) in [6.45, 7) is 4.06. The van der Waals surface area contributed by atoms with Crippen molar-refractivity contribution < 1.29 is 14.7 Å². The van der Waals surface area contributed by atoms with Gasteiger partial charge in [-0.05, 0) is 43.1 Å². The van der Waals surface area contributed by atoms with Gasteiger partial charge in [-0.1, -0.05) is 6.92 Å². The van der Waals surface area contributed by atoms with Crippen molar-refractivity contribution in [2.24, 2.45) is 11.7 Å². The Morgan fingerprint density at radius 3 is 2.61 bits per heavy atom. The number of carbonyl (C=O) groups excluding carboxylic acids is 1. The Balaban J connectivity index is 2.72. The number of carboxylic acids is 1. The van der Waals surface area contributed by atoms with Crippen molar-refractivity contribution in [3.05, 3.63) is 29.3 Å². The van der Waals surface area contributed by atoms with Crippen molar-refractivity contribution in [1.29, 1.82) is 0 Å². The average molecular weight is 250 g/mol. The van der Waals surface area contributed by atoms with E-state index in [0.29, 0.717) is 24.2 Å². The molecule has 1 aromatic carbocycles. The number of amides is 1. The molecule has 1 atom stereocenters. The highest BCUT2D eigenvalue weighted by atomic mass is 16.4. The quantitative estimate of drug-likeness (QED) is 0.740. The van der Waals surface area contributed by atoms with Crippen LogP contribution in [0.15, 0.2) is 18.2 Å². The van der Waals surface area contributed by atoms with Gasteiger partial charge in [-0.2, -0.15) is 0 Å². The molecule has 1 unspecified atom stereocenters. The van der Waals surface area contributed by atoms with Gasteiger partial charge >= 0.3 is 5.97 Å². The van der Waals surface area contributed by atoms with Crippen LogP contribution in [0.4, 0.5) is 5.69 Å². The molecular weight excluding hydrogens is 232 g/mol. The molecule has 0 spiro atoms. The van der Waals surface area contributed by atoms with E-state index >= 15 is 0 Å². The number of nitrogens with one attached hydrogen (secondary N) is 1. The SMILES string of the molecule is Cc1cc(NC(=O)CC(C)CN)ccc1C(=O)O. The van der Waals surface area contributed by atoms with Crippen LogP contribution in [-0.4, -0.2) is 23.5 Å². The van der Waals surface area contributed by atoms with Gasteiger partial charge < -0.3 is 16.2 Å². The molecule has 0 saturated heterocycles. The van der Waals surface area contributed by atoms with E-state index in [1.807, 2.05) is 6.92 Å². The molecule has 4 N–H and O–H groups in total. The summed E-state index contributed by atoms with van der Waals surface area (Å²) >= 11 is 0. The summed E-state index contributed by atoms with van der Waals surface area (Å²) in [7, 11) is 0. The average Bonchev–Trinajstić information content (AvgIpc) is 2.28. The minimum Gasteiger partial charge on any atom is -0.478 e. The van der Waals surface area contributed by atoms with E-state index in [0.717, 1.165) is 0 Å². The fourth-order valence-electron chi connectivity index (χ4n) is 1.59. The number of hydrogen-bond acceptors (Lipinski definition) is 3. The van der Waals surface area contributed by atoms with Crippen LogP contribution in [-0.2, 0) is 4.79 Å². The normalized spacial score (nSPS) is 11.9. The van der Waals surface area contributed by atoms with Gasteiger partial charge in [0.05, 0.1) is 5.56 Å². The second-order valence-corrected chi connectivity index (χ2v) is 4.43. The molecule has 0 heterocycles. The molecular formula is C13H18N2O3. The number of anilines is 1. The van der Waals surface area contributed by atoms with Crippen LogP contribution in [0.2, 0.25) is 0 Å². The zero-order chi connectivity index (χ0) is 13.7. The van der Waals surface area contributed by atoms with E-state index in [2.05, 4.69) is 5.32 Å². The molecule has 0 aliphatic rings. The molecule has 98 valence electrons. The molecule has 5 heteroatoms. The van der Waals surface area contributed by atoms with Gasteiger partial charge in [0, 0.05) is 12.1 Å². The highest BCUT2D eigenvalue weighted by Crippen LogP contribution is 2.16. The molecule has 1 rings (SSSR count). The first kappa shape index (κ1) is 14.2. The van der Waals surface area contributed by atoms with Gasteiger partial charge in [0.2, 0.25) is 5.91 Å². The predicted molar refractivity (Wildman–Crippen MR) is 69.6 cm³/mol. The first-order chi connectivity index (χ1) is 8.43. The van der Waals surface area contributed by atoms with Crippen molar-refractivity contribution in [3.63, 3.8) is 0 Å². The predicted octanol–water partition coefficient (Wildman–Crippen LogP) is 1.62. The molecule has 0 aliphatic carbocycles. The number of rotatable bonds is 5. The number of nitrogens with two attached hydrogens (primary N) is 1. The van der Waals surface area contributed by atoms with E-state index < -0.39 is 5.97 Å². The second kappa shape index (κ2) is 6.16. The van der Waals surface area contributed by atoms with Crippen LogP contribution in [0.1, 0.15) is 29.3 Å². The maximum absolute atomic E-state index is 11.6. The van der Waals surface area contributed by atoms with Gasteiger partial charge in [-0.3, -0.25) is 4.79 Å². The van der Waals surface area contributed by atoms with E-state index in [4.69, 9.17) is 10.8 Å². The van der Waals surface area contributed by atoms with E-state index in [-0.39, 0.29) is 17.4 Å². The summed E-state index contributed by atoms with van der Waals surface area (Å²) in [5.41, 5.74) is 6.91. The van der Waals surface area contributed by atoms with Crippen LogP contribution in [0.25, 0.3) is 0 Å². The number of hydrogen-bond donors (Lipinski definition) is 3. The highest BCUT2D eigenvalue weighted by molar-refractivity contribution is 5.93. The first-order valence-corrected chi connectivity index (χ1v) is 5.78. The van der Waals surface area contributed by atoms with Crippen LogP contribution >= 0.6 is 0 Å².